The second kappa shape index (κ2) is 16.5. The molecule has 3 atom stereocenters. The molecule has 0 amide bonds. The first kappa shape index (κ1) is 33.8. The summed E-state index contributed by atoms with van der Waals surface area (Å²) < 4.78 is 33.7. The van der Waals surface area contributed by atoms with E-state index in [4.69, 9.17) is 0 Å². The average molecular weight is 659 g/mol. The van der Waals surface area contributed by atoms with Crippen molar-refractivity contribution in [2.45, 2.75) is 20.8 Å². The van der Waals surface area contributed by atoms with Crippen molar-refractivity contribution in [2.24, 2.45) is 0 Å². The van der Waals surface area contributed by atoms with Gasteiger partial charge in [0.05, 0.1) is 0 Å². The number of benzene rings is 3. The molecule has 0 fully saturated rings. The predicted octanol–water partition coefficient (Wildman–Crippen LogP) is 2.91. The minimum atomic E-state index is -3.28. The Morgan fingerprint density at radius 3 is 0.794 bits per heavy atom. The average Bonchev–Trinajstić information content (AvgIpc) is 2.86. The molecule has 0 aromatic heterocycles. The molecule has 0 aliphatic rings. The Morgan fingerprint density at radius 2 is 0.647 bits per heavy atom. The van der Waals surface area contributed by atoms with Gasteiger partial charge >= 0.3 is 49.4 Å². The van der Waals surface area contributed by atoms with Gasteiger partial charge in [-0.1, -0.05) is 112 Å². The Morgan fingerprint density at radius 1 is 0.471 bits per heavy atom. The van der Waals surface area contributed by atoms with Gasteiger partial charge in [-0.2, -0.15) is 0 Å². The van der Waals surface area contributed by atoms with Crippen LogP contribution in [0.1, 0.15) is 20.8 Å². The van der Waals surface area contributed by atoms with E-state index in [1.807, 2.05) is 0 Å². The molecule has 10 heteroatoms. The molecule has 3 aromatic carbocycles. The van der Waals surface area contributed by atoms with Crippen molar-refractivity contribution in [1.29, 1.82) is 0 Å². The fourth-order valence-electron chi connectivity index (χ4n) is 2.51. The standard InChI is InChI=1S/3C8H11O2P.Eu/c3*1-2-11(9,10)8-6-4-3-5-7-8;/h3*3-7H,2H2,1H3,(H,9,10);/q;;;+3/p-3. The third kappa shape index (κ3) is 11.7. The fourth-order valence-corrected chi connectivity index (χ4v) is 5.49. The van der Waals surface area contributed by atoms with Crippen molar-refractivity contribution in [3.8, 4) is 0 Å². The number of rotatable bonds is 6. The van der Waals surface area contributed by atoms with E-state index in [9.17, 15) is 28.4 Å². The topological polar surface area (TPSA) is 120 Å². The molecule has 0 saturated carbocycles. The van der Waals surface area contributed by atoms with Crippen LogP contribution in [-0.2, 0) is 13.7 Å². The molecule has 0 saturated heterocycles. The van der Waals surface area contributed by atoms with Crippen LogP contribution in [0.2, 0.25) is 0 Å². The SMILES string of the molecule is CCP(=O)([O-])c1ccccc1.CCP(=O)([O-])c1ccccc1.CCP(=O)([O-])c1ccccc1.[Eu+3]. The molecule has 34 heavy (non-hydrogen) atoms. The number of hydrogen-bond acceptors (Lipinski definition) is 6. The van der Waals surface area contributed by atoms with Crippen LogP contribution in [0.3, 0.4) is 0 Å². The van der Waals surface area contributed by atoms with E-state index in [0.29, 0.717) is 15.9 Å². The van der Waals surface area contributed by atoms with Crippen LogP contribution < -0.4 is 30.6 Å². The van der Waals surface area contributed by atoms with Gasteiger partial charge in [-0.15, -0.1) is 0 Å². The second-order valence-electron chi connectivity index (χ2n) is 6.98. The van der Waals surface area contributed by atoms with Crippen molar-refractivity contribution in [3.63, 3.8) is 0 Å². The zero-order valence-corrected chi connectivity index (χ0v) is 24.6. The van der Waals surface area contributed by atoms with E-state index >= 15 is 0 Å². The summed E-state index contributed by atoms with van der Waals surface area (Å²) in [6.45, 7) is 4.96. The molecule has 0 radical (unpaired) electrons. The van der Waals surface area contributed by atoms with Crippen molar-refractivity contribution < 1.29 is 77.8 Å². The monoisotopic (exact) mass is 660 g/mol. The summed E-state index contributed by atoms with van der Waals surface area (Å²) in [7, 11) is -9.83. The molecule has 0 aliphatic heterocycles. The molecule has 3 aromatic rings. The zero-order chi connectivity index (χ0) is 25.0. The van der Waals surface area contributed by atoms with E-state index in [1.165, 1.54) is 0 Å². The van der Waals surface area contributed by atoms with E-state index in [2.05, 4.69) is 0 Å². The summed E-state index contributed by atoms with van der Waals surface area (Å²) in [5.41, 5.74) is 0. The van der Waals surface area contributed by atoms with E-state index in [1.54, 1.807) is 112 Å². The summed E-state index contributed by atoms with van der Waals surface area (Å²) in [5, 5.41) is 1.30. The van der Waals surface area contributed by atoms with Gasteiger partial charge in [-0.05, 0) is 34.4 Å². The minimum Gasteiger partial charge on any atom is -0.796 e. The first-order valence-electron chi connectivity index (χ1n) is 10.6. The van der Waals surface area contributed by atoms with Gasteiger partial charge in [0.1, 0.15) is 0 Å². The van der Waals surface area contributed by atoms with Crippen LogP contribution in [0, 0.1) is 49.4 Å². The Bertz CT molecular complexity index is 954. The molecule has 3 rings (SSSR count). The molecular weight excluding hydrogens is 629 g/mol. The van der Waals surface area contributed by atoms with Gasteiger partial charge in [0, 0.05) is 22.1 Å². The number of hydrogen-bond donors (Lipinski definition) is 0. The molecule has 0 spiro atoms. The minimum absolute atomic E-state index is 0. The Hall–Kier alpha value is -0.186. The van der Waals surface area contributed by atoms with E-state index < -0.39 is 22.1 Å². The normalized spacial score (nSPS) is 15.4. The predicted molar refractivity (Wildman–Crippen MR) is 133 cm³/mol. The largest absolute Gasteiger partial charge is 3.00 e. The molecule has 0 aliphatic carbocycles. The van der Waals surface area contributed by atoms with Crippen molar-refractivity contribution in [3.05, 3.63) is 91.0 Å². The van der Waals surface area contributed by atoms with Crippen LogP contribution in [-0.4, -0.2) is 18.5 Å². The summed E-state index contributed by atoms with van der Waals surface area (Å²) in [4.78, 5) is 33.7. The van der Waals surface area contributed by atoms with Gasteiger partial charge in [0.2, 0.25) is 0 Å². The van der Waals surface area contributed by atoms with Crippen molar-refractivity contribution >= 4 is 38.0 Å². The maximum Gasteiger partial charge on any atom is 3.00 e. The first-order valence-corrected chi connectivity index (χ1v) is 16.0. The molecule has 6 nitrogen and oxygen atoms in total. The zero-order valence-electron chi connectivity index (χ0n) is 19.5. The molecule has 184 valence electrons. The summed E-state index contributed by atoms with van der Waals surface area (Å²) in [6.07, 6.45) is 0.574. The first-order chi connectivity index (χ1) is 15.5. The van der Waals surface area contributed by atoms with Crippen LogP contribution >= 0.6 is 22.1 Å². The summed E-state index contributed by atoms with van der Waals surface area (Å²) in [5.74, 6) is 0. The Balaban J connectivity index is 0.000000473. The van der Waals surface area contributed by atoms with Gasteiger partial charge in [-0.3, -0.25) is 0 Å². The van der Waals surface area contributed by atoms with E-state index in [0.717, 1.165) is 0 Å². The van der Waals surface area contributed by atoms with E-state index in [-0.39, 0.29) is 67.9 Å². The molecule has 3 unspecified atom stereocenters. The third-order valence-corrected chi connectivity index (χ3v) is 10.5. The van der Waals surface area contributed by atoms with Crippen LogP contribution in [0.15, 0.2) is 91.0 Å². The Labute approximate surface area is 243 Å². The molecule has 0 bridgehead atoms. The molecular formula is C24H30EuO6P3. The second-order valence-corrected chi connectivity index (χ2v) is 14.5. The molecule has 0 N–H and O–H groups in total. The molecule has 0 heterocycles. The third-order valence-electron chi connectivity index (χ3n) is 4.70. The van der Waals surface area contributed by atoms with Crippen LogP contribution in [0.5, 0.6) is 0 Å². The van der Waals surface area contributed by atoms with Gasteiger partial charge in [0.25, 0.3) is 0 Å². The summed E-state index contributed by atoms with van der Waals surface area (Å²) >= 11 is 0. The Kier molecular flexibility index (Phi) is 16.4. The van der Waals surface area contributed by atoms with Gasteiger partial charge in [0.15, 0.2) is 0 Å². The summed E-state index contributed by atoms with van der Waals surface area (Å²) in [6, 6.07) is 25.5. The smallest absolute Gasteiger partial charge is 0.796 e. The maximum absolute atomic E-state index is 11.2. The van der Waals surface area contributed by atoms with Gasteiger partial charge < -0.3 is 28.4 Å². The van der Waals surface area contributed by atoms with Gasteiger partial charge in [-0.25, -0.2) is 0 Å². The van der Waals surface area contributed by atoms with Crippen molar-refractivity contribution in [1.82, 2.24) is 0 Å². The quantitative estimate of drug-likeness (QED) is 0.376. The fraction of sp³-hybridized carbons (Fsp3) is 0.250. The van der Waals surface area contributed by atoms with Crippen LogP contribution in [0.25, 0.3) is 0 Å². The van der Waals surface area contributed by atoms with Crippen molar-refractivity contribution in [2.75, 3.05) is 18.5 Å². The maximum atomic E-state index is 11.2. The van der Waals surface area contributed by atoms with Crippen LogP contribution in [0.4, 0.5) is 0 Å².